The van der Waals surface area contributed by atoms with E-state index in [9.17, 15) is 14.7 Å². The highest BCUT2D eigenvalue weighted by atomic mass is 32.1. The summed E-state index contributed by atoms with van der Waals surface area (Å²) in [5.41, 5.74) is 0.598. The number of amides is 1. The summed E-state index contributed by atoms with van der Waals surface area (Å²) in [5.74, 6) is 5.06. The Kier molecular flexibility index (Phi) is 6.92. The molecule has 4 heterocycles. The number of rotatable bonds is 5. The van der Waals surface area contributed by atoms with Gasteiger partial charge < -0.3 is 19.1 Å². The molecule has 190 valence electrons. The minimum atomic E-state index is -1.04. The zero-order valence-corrected chi connectivity index (χ0v) is 21.6. The van der Waals surface area contributed by atoms with Crippen LogP contribution in [0.1, 0.15) is 52.9 Å². The van der Waals surface area contributed by atoms with E-state index in [0.717, 1.165) is 5.56 Å². The number of benzene rings is 1. The first kappa shape index (κ1) is 24.9. The van der Waals surface area contributed by atoms with Crippen LogP contribution in [0.25, 0.3) is 9.66 Å². The number of carbonyl (C=O) groups excluding carboxylic acids is 1. The van der Waals surface area contributed by atoms with Crippen LogP contribution >= 0.6 is 22.7 Å². The van der Waals surface area contributed by atoms with E-state index in [1.54, 1.807) is 13.8 Å². The van der Waals surface area contributed by atoms with E-state index in [4.69, 9.17) is 14.0 Å². The van der Waals surface area contributed by atoms with E-state index in [0.29, 0.717) is 57.1 Å². The van der Waals surface area contributed by atoms with Crippen molar-refractivity contribution in [2.24, 2.45) is 0 Å². The average molecular weight is 539 g/mol. The quantitative estimate of drug-likeness (QED) is 0.340. The maximum Gasteiger partial charge on any atom is 0.412 e. The lowest BCUT2D eigenvalue weighted by Crippen LogP contribution is -2.41. The summed E-state index contributed by atoms with van der Waals surface area (Å²) in [4.78, 5) is 34.9. The van der Waals surface area contributed by atoms with E-state index in [1.165, 1.54) is 22.7 Å². The third-order valence-corrected chi connectivity index (χ3v) is 8.21. The number of fused-ring (bicyclic) bond motifs is 1. The monoisotopic (exact) mass is 538 g/mol. The lowest BCUT2D eigenvalue weighted by molar-refractivity contribution is -0.147. The molecule has 1 unspecified atom stereocenters. The van der Waals surface area contributed by atoms with E-state index >= 15 is 0 Å². The molecule has 12 heteroatoms. The van der Waals surface area contributed by atoms with E-state index < -0.39 is 23.6 Å². The van der Waals surface area contributed by atoms with Crippen LogP contribution in [0.15, 0.2) is 34.9 Å². The Morgan fingerprint density at radius 1 is 1.14 bits per heavy atom. The Morgan fingerprint density at radius 3 is 2.57 bits per heavy atom. The van der Waals surface area contributed by atoms with Gasteiger partial charge in [0.1, 0.15) is 27.9 Å². The highest BCUT2D eigenvalue weighted by Crippen LogP contribution is 2.40. The molecule has 1 fully saturated rings. The second kappa shape index (κ2) is 10.3. The van der Waals surface area contributed by atoms with Crippen LogP contribution in [0.2, 0.25) is 0 Å². The number of thiazole rings is 2. The van der Waals surface area contributed by atoms with E-state index in [2.05, 4.69) is 32.3 Å². The number of aromatic nitrogens is 3. The molecule has 2 N–H and O–H groups in total. The molecule has 1 aliphatic rings. The summed E-state index contributed by atoms with van der Waals surface area (Å²) in [6.07, 6.45) is -0.345. The predicted molar refractivity (Wildman–Crippen MR) is 137 cm³/mol. The molecule has 4 aromatic rings. The second-order valence-corrected chi connectivity index (χ2v) is 10.4. The van der Waals surface area contributed by atoms with Crippen LogP contribution < -0.4 is 5.32 Å². The van der Waals surface area contributed by atoms with Gasteiger partial charge >= 0.3 is 12.1 Å². The van der Waals surface area contributed by atoms with Gasteiger partial charge in [-0.3, -0.25) is 10.1 Å². The van der Waals surface area contributed by atoms with Crippen molar-refractivity contribution in [3.8, 4) is 11.8 Å². The zero-order valence-electron chi connectivity index (χ0n) is 19.9. The van der Waals surface area contributed by atoms with Gasteiger partial charge in [0.25, 0.3) is 0 Å². The zero-order chi connectivity index (χ0) is 26.0. The Hall–Kier alpha value is -3.79. The highest BCUT2D eigenvalue weighted by Gasteiger charge is 2.45. The van der Waals surface area contributed by atoms with Crippen LogP contribution in [0, 0.1) is 18.8 Å². The van der Waals surface area contributed by atoms with Crippen molar-refractivity contribution >= 4 is 50.1 Å². The summed E-state index contributed by atoms with van der Waals surface area (Å²) in [5, 5.41) is 17.5. The molecule has 5 rings (SSSR count). The number of aliphatic carboxylic acids is 1. The van der Waals surface area contributed by atoms with Crippen molar-refractivity contribution in [1.82, 2.24) is 15.1 Å². The standard InChI is InChI=1S/C25H22N4O6S2/c1-14-19(27-24(32)34-15(2)16-6-4-3-5-7-16)17(35-29-14)8-9-18-26-20-21(36-18)28-22(37-20)25(23(30)31)10-12-33-13-11-25/h3-7,15H,10-13H2,1-2H3,(H,27,32)(H,30,31). The van der Waals surface area contributed by atoms with Gasteiger partial charge in [0, 0.05) is 13.2 Å². The third kappa shape index (κ3) is 5.06. The van der Waals surface area contributed by atoms with E-state index in [1.807, 2.05) is 30.3 Å². The van der Waals surface area contributed by atoms with Crippen LogP contribution in [-0.2, 0) is 19.7 Å². The van der Waals surface area contributed by atoms with E-state index in [-0.39, 0.29) is 5.76 Å². The summed E-state index contributed by atoms with van der Waals surface area (Å²) in [6, 6.07) is 9.39. The predicted octanol–water partition coefficient (Wildman–Crippen LogP) is 4.89. The lowest BCUT2D eigenvalue weighted by atomic mass is 9.81. The van der Waals surface area contributed by atoms with Crippen molar-refractivity contribution in [3.63, 3.8) is 0 Å². The minimum absolute atomic E-state index is 0.168. The normalized spacial score (nSPS) is 15.5. The first-order valence-corrected chi connectivity index (χ1v) is 13.1. The maximum absolute atomic E-state index is 12.5. The van der Waals surface area contributed by atoms with Crippen molar-refractivity contribution in [2.45, 2.75) is 38.2 Å². The van der Waals surface area contributed by atoms with Gasteiger partial charge in [0.2, 0.25) is 5.76 Å². The van der Waals surface area contributed by atoms with Crippen LogP contribution in [0.5, 0.6) is 0 Å². The Balaban J connectivity index is 1.32. The van der Waals surface area contributed by atoms with Gasteiger partial charge in [0.15, 0.2) is 14.7 Å². The second-order valence-electron chi connectivity index (χ2n) is 8.45. The molecule has 0 saturated carbocycles. The molecule has 1 saturated heterocycles. The number of aryl methyl sites for hydroxylation is 1. The van der Waals surface area contributed by atoms with Crippen molar-refractivity contribution in [1.29, 1.82) is 0 Å². The van der Waals surface area contributed by atoms with Gasteiger partial charge in [-0.2, -0.15) is 0 Å². The molecular weight excluding hydrogens is 516 g/mol. The third-order valence-electron chi connectivity index (χ3n) is 6.07. The SMILES string of the molecule is Cc1noc(C#Cc2nc3sc(C4(C(=O)O)CCOCC4)nc3s2)c1NC(=O)OC(C)c1ccccc1. The lowest BCUT2D eigenvalue weighted by Gasteiger charge is -2.30. The van der Waals surface area contributed by atoms with Gasteiger partial charge in [-0.15, -0.1) is 0 Å². The number of anilines is 1. The molecule has 0 bridgehead atoms. The fraction of sp³-hybridized carbons (Fsp3) is 0.320. The summed E-state index contributed by atoms with van der Waals surface area (Å²) in [7, 11) is 0. The summed E-state index contributed by atoms with van der Waals surface area (Å²) >= 11 is 2.53. The molecular formula is C25H22N4O6S2. The largest absolute Gasteiger partial charge is 0.481 e. The first-order valence-electron chi connectivity index (χ1n) is 11.5. The average Bonchev–Trinajstić information content (AvgIpc) is 3.57. The topological polar surface area (TPSA) is 137 Å². The highest BCUT2D eigenvalue weighted by molar-refractivity contribution is 7.26. The molecule has 3 aromatic heterocycles. The van der Waals surface area contributed by atoms with Crippen LogP contribution in [0.4, 0.5) is 10.5 Å². The molecule has 37 heavy (non-hydrogen) atoms. The van der Waals surface area contributed by atoms with Crippen LogP contribution in [-0.4, -0.2) is 45.5 Å². The molecule has 1 amide bonds. The minimum Gasteiger partial charge on any atom is -0.481 e. The molecule has 0 spiro atoms. The molecule has 0 aliphatic carbocycles. The molecule has 1 atom stereocenters. The van der Waals surface area contributed by atoms with Gasteiger partial charge in [-0.1, -0.05) is 58.2 Å². The first-order chi connectivity index (χ1) is 17.9. The van der Waals surface area contributed by atoms with Crippen molar-refractivity contribution in [3.05, 3.63) is 57.4 Å². The number of carboxylic acids is 1. The Labute approximate surface area is 219 Å². The van der Waals surface area contributed by atoms with Crippen LogP contribution in [0.3, 0.4) is 0 Å². The number of nitrogens with zero attached hydrogens (tertiary/aromatic N) is 3. The number of nitrogens with one attached hydrogen (secondary N) is 1. The molecule has 1 aliphatic heterocycles. The van der Waals surface area contributed by atoms with Gasteiger partial charge in [-0.05, 0) is 44.1 Å². The number of ether oxygens (including phenoxy) is 2. The molecule has 1 aromatic carbocycles. The summed E-state index contributed by atoms with van der Waals surface area (Å²) < 4.78 is 16.1. The van der Waals surface area contributed by atoms with Gasteiger partial charge in [-0.25, -0.2) is 14.8 Å². The van der Waals surface area contributed by atoms with Crippen molar-refractivity contribution in [2.75, 3.05) is 18.5 Å². The maximum atomic E-state index is 12.5. The number of hydrogen-bond donors (Lipinski definition) is 2. The van der Waals surface area contributed by atoms with Crippen molar-refractivity contribution < 1.29 is 28.7 Å². The Morgan fingerprint density at radius 2 is 1.86 bits per heavy atom. The Bertz CT molecular complexity index is 1480. The molecule has 10 nitrogen and oxygen atoms in total. The smallest absolute Gasteiger partial charge is 0.412 e. The number of hydrogen-bond acceptors (Lipinski definition) is 10. The number of carbonyl (C=O) groups is 2. The summed E-state index contributed by atoms with van der Waals surface area (Å²) in [6.45, 7) is 4.24. The van der Waals surface area contributed by atoms with Gasteiger partial charge in [0.05, 0.1) is 0 Å². The number of carboxylic acid groups (broad SMARTS) is 1. The fourth-order valence-electron chi connectivity index (χ4n) is 3.94. The fourth-order valence-corrected chi connectivity index (χ4v) is 6.07. The molecule has 0 radical (unpaired) electrons.